The van der Waals surface area contributed by atoms with Crippen molar-refractivity contribution in [2.75, 3.05) is 0 Å². The molecule has 0 aromatic heterocycles. The van der Waals surface area contributed by atoms with Gasteiger partial charge in [0.1, 0.15) is 0 Å². The summed E-state index contributed by atoms with van der Waals surface area (Å²) in [6, 6.07) is 10.8. The summed E-state index contributed by atoms with van der Waals surface area (Å²) < 4.78 is 6.40. The van der Waals surface area contributed by atoms with Gasteiger partial charge in [-0.15, -0.1) is 0 Å². The lowest BCUT2D eigenvalue weighted by Crippen LogP contribution is -2.59. The molecule has 0 unspecified atom stereocenters. The lowest BCUT2D eigenvalue weighted by atomic mass is 9.99. The summed E-state index contributed by atoms with van der Waals surface area (Å²) in [6.07, 6.45) is 12.9. The molecule has 0 aliphatic heterocycles. The van der Waals surface area contributed by atoms with E-state index in [0.29, 0.717) is 11.1 Å². The summed E-state index contributed by atoms with van der Waals surface area (Å²) in [4.78, 5) is 12.1. The molecule has 1 aromatic rings. The highest BCUT2D eigenvalue weighted by Gasteiger charge is 2.53. The number of carbonyl (C=O) groups excluding carboxylic acids is 1. The second-order valence-electron chi connectivity index (χ2n) is 7.42. The standard InChI is InChI=1S/C20H30O2Si/c1-17(21)22-23(18-11-5-2-6-12-18,19-13-7-3-8-14-19)20-15-9-4-10-16-20/h2,5-6,11-12,19-20H,3-4,7-10,13-16H2,1H3. The Morgan fingerprint density at radius 2 is 1.35 bits per heavy atom. The van der Waals surface area contributed by atoms with Crippen LogP contribution in [0.25, 0.3) is 0 Å². The molecule has 2 aliphatic rings. The maximum absolute atomic E-state index is 12.1. The molecule has 0 saturated heterocycles. The van der Waals surface area contributed by atoms with Gasteiger partial charge >= 0.3 is 0 Å². The molecule has 3 heteroatoms. The van der Waals surface area contributed by atoms with Gasteiger partial charge in [0.25, 0.3) is 14.3 Å². The molecule has 2 saturated carbocycles. The molecule has 3 rings (SSSR count). The van der Waals surface area contributed by atoms with Gasteiger partial charge in [0.05, 0.1) is 0 Å². The van der Waals surface area contributed by atoms with E-state index >= 15 is 0 Å². The number of benzene rings is 1. The minimum atomic E-state index is -2.28. The Bertz CT molecular complexity index is 484. The Kier molecular flexibility index (Phi) is 5.57. The summed E-state index contributed by atoms with van der Waals surface area (Å²) in [5.74, 6) is -0.0586. The third-order valence-corrected chi connectivity index (χ3v) is 11.4. The molecule has 23 heavy (non-hydrogen) atoms. The van der Waals surface area contributed by atoms with Crippen LogP contribution in [0.4, 0.5) is 0 Å². The molecule has 0 spiro atoms. The van der Waals surface area contributed by atoms with E-state index in [1.54, 1.807) is 6.92 Å². The highest BCUT2D eigenvalue weighted by Crippen LogP contribution is 2.48. The van der Waals surface area contributed by atoms with E-state index in [-0.39, 0.29) is 5.97 Å². The van der Waals surface area contributed by atoms with Crippen molar-refractivity contribution in [3.8, 4) is 0 Å². The van der Waals surface area contributed by atoms with E-state index < -0.39 is 8.32 Å². The second-order valence-corrected chi connectivity index (χ2v) is 11.4. The van der Waals surface area contributed by atoms with Crippen molar-refractivity contribution < 1.29 is 9.22 Å². The summed E-state index contributed by atoms with van der Waals surface area (Å²) in [6.45, 7) is 1.62. The van der Waals surface area contributed by atoms with Gasteiger partial charge in [0, 0.05) is 6.92 Å². The first-order valence-corrected chi connectivity index (χ1v) is 11.5. The molecule has 0 N–H and O–H groups in total. The monoisotopic (exact) mass is 330 g/mol. The van der Waals surface area contributed by atoms with Crippen LogP contribution in [0.15, 0.2) is 30.3 Å². The Balaban J connectivity index is 2.04. The van der Waals surface area contributed by atoms with Crippen molar-refractivity contribution in [1.29, 1.82) is 0 Å². The zero-order chi connectivity index (χ0) is 16.1. The fourth-order valence-corrected chi connectivity index (χ4v) is 10.8. The van der Waals surface area contributed by atoms with Crippen molar-refractivity contribution in [1.82, 2.24) is 0 Å². The van der Waals surface area contributed by atoms with E-state index in [0.717, 1.165) is 0 Å². The van der Waals surface area contributed by atoms with Crippen molar-refractivity contribution >= 4 is 19.5 Å². The van der Waals surface area contributed by atoms with Crippen molar-refractivity contribution in [2.45, 2.75) is 82.2 Å². The molecule has 2 fully saturated rings. The largest absolute Gasteiger partial charge is 0.514 e. The van der Waals surface area contributed by atoms with Crippen molar-refractivity contribution in [3.63, 3.8) is 0 Å². The van der Waals surface area contributed by atoms with E-state index in [2.05, 4.69) is 30.3 Å². The van der Waals surface area contributed by atoms with E-state index in [1.807, 2.05) is 0 Å². The fraction of sp³-hybridized carbons (Fsp3) is 0.650. The first kappa shape index (κ1) is 16.8. The average Bonchev–Trinajstić information content (AvgIpc) is 2.62. The first-order valence-electron chi connectivity index (χ1n) is 9.48. The zero-order valence-corrected chi connectivity index (χ0v) is 15.4. The zero-order valence-electron chi connectivity index (χ0n) is 14.4. The number of hydrogen-bond donors (Lipinski definition) is 0. The van der Waals surface area contributed by atoms with Crippen LogP contribution in [0.1, 0.15) is 71.1 Å². The van der Waals surface area contributed by atoms with Crippen LogP contribution >= 0.6 is 0 Å². The van der Waals surface area contributed by atoms with E-state index in [1.165, 1.54) is 69.4 Å². The maximum atomic E-state index is 12.1. The minimum absolute atomic E-state index is 0.0586. The van der Waals surface area contributed by atoms with Gasteiger partial charge in [-0.3, -0.25) is 4.79 Å². The molecule has 0 bridgehead atoms. The van der Waals surface area contributed by atoms with Crippen LogP contribution in [0.5, 0.6) is 0 Å². The summed E-state index contributed by atoms with van der Waals surface area (Å²) in [5.41, 5.74) is 1.23. The molecular formula is C20H30O2Si. The van der Waals surface area contributed by atoms with E-state index in [4.69, 9.17) is 4.43 Å². The highest BCUT2D eigenvalue weighted by atomic mass is 28.4. The maximum Gasteiger partial charge on any atom is 0.292 e. The van der Waals surface area contributed by atoms with Gasteiger partial charge in [0.15, 0.2) is 0 Å². The van der Waals surface area contributed by atoms with Gasteiger partial charge in [-0.25, -0.2) is 0 Å². The quantitative estimate of drug-likeness (QED) is 0.720. The summed E-state index contributed by atoms with van der Waals surface area (Å²) in [7, 11) is -2.28. The van der Waals surface area contributed by atoms with Crippen molar-refractivity contribution in [2.24, 2.45) is 0 Å². The molecule has 2 nitrogen and oxygen atoms in total. The molecule has 0 amide bonds. The SMILES string of the molecule is CC(=O)O[Si](c1ccccc1)(C1CCCCC1)C1CCCCC1. The average molecular weight is 331 g/mol. The van der Waals surface area contributed by atoms with Crippen LogP contribution in [0.3, 0.4) is 0 Å². The number of hydrogen-bond acceptors (Lipinski definition) is 2. The predicted molar refractivity (Wildman–Crippen MR) is 97.3 cm³/mol. The minimum Gasteiger partial charge on any atom is -0.514 e. The van der Waals surface area contributed by atoms with Crippen LogP contribution in [0.2, 0.25) is 11.1 Å². The van der Waals surface area contributed by atoms with Crippen LogP contribution in [-0.2, 0) is 9.22 Å². The lowest BCUT2D eigenvalue weighted by Gasteiger charge is -2.46. The highest BCUT2D eigenvalue weighted by molar-refractivity contribution is 6.90. The second kappa shape index (κ2) is 7.65. The Morgan fingerprint density at radius 3 is 1.78 bits per heavy atom. The summed E-state index contributed by atoms with van der Waals surface area (Å²) >= 11 is 0. The number of rotatable bonds is 4. The van der Waals surface area contributed by atoms with Crippen LogP contribution < -0.4 is 5.19 Å². The van der Waals surface area contributed by atoms with Crippen molar-refractivity contribution in [3.05, 3.63) is 30.3 Å². The van der Waals surface area contributed by atoms with Gasteiger partial charge in [-0.1, -0.05) is 68.9 Å². The molecule has 1 aromatic carbocycles. The normalized spacial score (nSPS) is 21.1. The van der Waals surface area contributed by atoms with E-state index in [9.17, 15) is 4.79 Å². The molecule has 126 valence electrons. The van der Waals surface area contributed by atoms with Gasteiger partial charge in [-0.05, 0) is 42.0 Å². The number of carbonyl (C=O) groups is 1. The third kappa shape index (κ3) is 3.55. The van der Waals surface area contributed by atoms with Crippen LogP contribution in [-0.4, -0.2) is 14.3 Å². The molecular weight excluding hydrogens is 300 g/mol. The van der Waals surface area contributed by atoms with Gasteiger partial charge in [0.2, 0.25) is 0 Å². The predicted octanol–water partition coefficient (Wildman–Crippen LogP) is 5.07. The lowest BCUT2D eigenvalue weighted by molar-refractivity contribution is -0.133. The molecule has 0 heterocycles. The Morgan fingerprint density at radius 1 is 0.870 bits per heavy atom. The van der Waals surface area contributed by atoms with Crippen LogP contribution in [0, 0.1) is 0 Å². The first-order chi connectivity index (χ1) is 11.2. The summed E-state index contributed by atoms with van der Waals surface area (Å²) in [5, 5.41) is 1.37. The molecule has 0 atom stereocenters. The van der Waals surface area contributed by atoms with Gasteiger partial charge in [-0.2, -0.15) is 0 Å². The topological polar surface area (TPSA) is 26.3 Å². The Hall–Kier alpha value is -1.09. The van der Waals surface area contributed by atoms with Gasteiger partial charge < -0.3 is 4.43 Å². The smallest absolute Gasteiger partial charge is 0.292 e. The third-order valence-electron chi connectivity index (χ3n) is 5.96. The molecule has 0 radical (unpaired) electrons. The molecule has 2 aliphatic carbocycles. The Labute approximate surface area is 141 Å². The fourth-order valence-electron chi connectivity index (χ4n) is 5.03.